The van der Waals surface area contributed by atoms with E-state index in [0.29, 0.717) is 6.42 Å². The fourth-order valence-electron chi connectivity index (χ4n) is 2.70. The third kappa shape index (κ3) is 1.74. The zero-order valence-corrected chi connectivity index (χ0v) is 11.5. The molecule has 1 aromatic rings. The Morgan fingerprint density at radius 2 is 1.94 bits per heavy atom. The normalized spacial score (nSPS) is 27.9. The van der Waals surface area contributed by atoms with Crippen LogP contribution in [0.25, 0.3) is 0 Å². The van der Waals surface area contributed by atoms with E-state index in [4.69, 9.17) is 0 Å². The molecule has 4 heteroatoms. The van der Waals surface area contributed by atoms with E-state index in [9.17, 15) is 13.7 Å². The van der Waals surface area contributed by atoms with Crippen molar-refractivity contribution in [3.05, 3.63) is 29.8 Å². The predicted molar refractivity (Wildman–Crippen MR) is 69.7 cm³/mol. The molecule has 0 radical (unpaired) electrons. The van der Waals surface area contributed by atoms with E-state index < -0.39 is 14.6 Å². The van der Waals surface area contributed by atoms with E-state index in [1.165, 1.54) is 0 Å². The molecule has 96 valence electrons. The first-order valence-corrected chi connectivity index (χ1v) is 7.65. The number of nitrogens with zero attached hydrogens (tertiary/aromatic N) is 1. The molecule has 0 aromatic heterocycles. The van der Waals surface area contributed by atoms with Crippen molar-refractivity contribution in [2.24, 2.45) is 5.92 Å². The zero-order valence-electron chi connectivity index (χ0n) is 10.7. The van der Waals surface area contributed by atoms with Crippen LogP contribution in [0.15, 0.2) is 29.2 Å². The fraction of sp³-hybridized carbons (Fsp3) is 0.500. The molecule has 1 fully saturated rings. The zero-order chi connectivity index (χ0) is 13.4. The number of hydrogen-bond acceptors (Lipinski definition) is 3. The molecule has 0 N–H and O–H groups in total. The lowest BCUT2D eigenvalue weighted by molar-refractivity contribution is 0.494. The highest BCUT2D eigenvalue weighted by Crippen LogP contribution is 2.44. The summed E-state index contributed by atoms with van der Waals surface area (Å²) in [7, 11) is -3.58. The van der Waals surface area contributed by atoms with Crippen LogP contribution in [0.2, 0.25) is 0 Å². The van der Waals surface area contributed by atoms with Gasteiger partial charge in [-0.3, -0.25) is 0 Å². The fourth-order valence-corrected chi connectivity index (χ4v) is 4.80. The van der Waals surface area contributed by atoms with Gasteiger partial charge in [-0.25, -0.2) is 8.42 Å². The van der Waals surface area contributed by atoms with Gasteiger partial charge < -0.3 is 0 Å². The van der Waals surface area contributed by atoms with Crippen LogP contribution in [0.1, 0.15) is 31.7 Å². The Bertz CT molecular complexity index is 583. The molecule has 1 aromatic carbocycles. The van der Waals surface area contributed by atoms with Gasteiger partial charge in [-0.05, 0) is 37.8 Å². The van der Waals surface area contributed by atoms with Crippen molar-refractivity contribution in [3.63, 3.8) is 0 Å². The monoisotopic (exact) mass is 263 g/mol. The van der Waals surface area contributed by atoms with Crippen LogP contribution in [0.3, 0.4) is 0 Å². The van der Waals surface area contributed by atoms with Gasteiger partial charge in [-0.1, -0.05) is 31.0 Å². The maximum absolute atomic E-state index is 12.7. The Morgan fingerprint density at radius 3 is 2.39 bits per heavy atom. The number of nitriles is 1. The van der Waals surface area contributed by atoms with Crippen molar-refractivity contribution in [3.8, 4) is 6.07 Å². The van der Waals surface area contributed by atoms with Crippen LogP contribution in [-0.4, -0.2) is 13.2 Å². The number of hydrogen-bond donors (Lipinski definition) is 0. The van der Waals surface area contributed by atoms with Crippen molar-refractivity contribution < 1.29 is 8.42 Å². The molecular formula is C14H17NO2S. The maximum atomic E-state index is 12.7. The van der Waals surface area contributed by atoms with E-state index in [-0.39, 0.29) is 10.8 Å². The average Bonchev–Trinajstić information content (AvgIpc) is 2.72. The SMILES string of the molecule is Cc1ccc(S(=O)(=O)C2(C#N)CCCC2C)cc1. The summed E-state index contributed by atoms with van der Waals surface area (Å²) in [5.41, 5.74) is 1.01. The standard InChI is InChI=1S/C14H17NO2S/c1-11-5-7-13(8-6-11)18(16,17)14(10-15)9-3-4-12(14)2/h5-8,12H,3-4,9H2,1-2H3. The second kappa shape index (κ2) is 4.40. The summed E-state index contributed by atoms with van der Waals surface area (Å²) < 4.78 is 24.1. The molecule has 2 rings (SSSR count). The first kappa shape index (κ1) is 13.1. The Balaban J connectivity index is 2.55. The molecule has 2 unspecified atom stereocenters. The highest BCUT2D eigenvalue weighted by molar-refractivity contribution is 7.93. The summed E-state index contributed by atoms with van der Waals surface area (Å²) in [5, 5.41) is 9.41. The third-order valence-electron chi connectivity index (χ3n) is 3.98. The molecule has 0 aliphatic heterocycles. The Kier molecular flexibility index (Phi) is 3.20. The van der Waals surface area contributed by atoms with Crippen LogP contribution in [0, 0.1) is 24.2 Å². The van der Waals surface area contributed by atoms with Gasteiger partial charge in [-0.15, -0.1) is 0 Å². The lowest BCUT2D eigenvalue weighted by Gasteiger charge is -2.25. The average molecular weight is 263 g/mol. The van der Waals surface area contributed by atoms with Crippen LogP contribution >= 0.6 is 0 Å². The molecule has 0 saturated heterocycles. The molecule has 1 saturated carbocycles. The van der Waals surface area contributed by atoms with Crippen molar-refractivity contribution in [2.45, 2.75) is 42.8 Å². The Morgan fingerprint density at radius 1 is 1.33 bits per heavy atom. The summed E-state index contributed by atoms with van der Waals surface area (Å²) in [6.45, 7) is 3.77. The minimum atomic E-state index is -3.58. The summed E-state index contributed by atoms with van der Waals surface area (Å²) in [4.78, 5) is 0.267. The third-order valence-corrected chi connectivity index (χ3v) is 6.53. The maximum Gasteiger partial charge on any atom is 0.197 e. The number of rotatable bonds is 2. The van der Waals surface area contributed by atoms with Gasteiger partial charge in [0.2, 0.25) is 0 Å². The summed E-state index contributed by atoms with van der Waals surface area (Å²) in [5.74, 6) is -0.103. The first-order chi connectivity index (χ1) is 8.44. The van der Waals surface area contributed by atoms with Crippen LogP contribution in [0.4, 0.5) is 0 Å². The highest BCUT2D eigenvalue weighted by atomic mass is 32.2. The number of benzene rings is 1. The van der Waals surface area contributed by atoms with Crippen LogP contribution in [0.5, 0.6) is 0 Å². The van der Waals surface area contributed by atoms with Crippen LogP contribution < -0.4 is 0 Å². The topological polar surface area (TPSA) is 57.9 Å². The van der Waals surface area contributed by atoms with Gasteiger partial charge in [0.05, 0.1) is 11.0 Å². The van der Waals surface area contributed by atoms with Gasteiger partial charge in [0.1, 0.15) is 0 Å². The van der Waals surface area contributed by atoms with Gasteiger partial charge in [0.25, 0.3) is 0 Å². The molecule has 3 nitrogen and oxygen atoms in total. The minimum absolute atomic E-state index is 0.103. The summed E-state index contributed by atoms with van der Waals surface area (Å²) in [6.07, 6.45) is 2.05. The lowest BCUT2D eigenvalue weighted by Crippen LogP contribution is -2.39. The second-order valence-corrected chi connectivity index (χ2v) is 7.32. The molecule has 0 bridgehead atoms. The van der Waals surface area contributed by atoms with Gasteiger partial charge in [0, 0.05) is 0 Å². The molecule has 2 atom stereocenters. The first-order valence-electron chi connectivity index (χ1n) is 6.16. The highest BCUT2D eigenvalue weighted by Gasteiger charge is 2.52. The van der Waals surface area contributed by atoms with Crippen LogP contribution in [-0.2, 0) is 9.84 Å². The van der Waals surface area contributed by atoms with Crippen molar-refractivity contribution >= 4 is 9.84 Å². The molecular weight excluding hydrogens is 246 g/mol. The molecule has 0 amide bonds. The molecule has 1 aliphatic carbocycles. The molecule has 18 heavy (non-hydrogen) atoms. The predicted octanol–water partition coefficient (Wildman–Crippen LogP) is 2.85. The quantitative estimate of drug-likeness (QED) is 0.824. The number of aryl methyl sites for hydroxylation is 1. The molecule has 0 heterocycles. The van der Waals surface area contributed by atoms with Gasteiger partial charge in [0.15, 0.2) is 14.6 Å². The van der Waals surface area contributed by atoms with E-state index in [2.05, 4.69) is 6.07 Å². The molecule has 1 aliphatic rings. The summed E-state index contributed by atoms with van der Waals surface area (Å²) in [6, 6.07) is 8.86. The lowest BCUT2D eigenvalue weighted by atomic mass is 9.99. The number of sulfone groups is 1. The second-order valence-electron chi connectivity index (χ2n) is 5.11. The van der Waals surface area contributed by atoms with Crippen molar-refractivity contribution in [1.82, 2.24) is 0 Å². The smallest absolute Gasteiger partial charge is 0.197 e. The Hall–Kier alpha value is -1.34. The Labute approximate surface area is 108 Å². The van der Waals surface area contributed by atoms with Gasteiger partial charge in [-0.2, -0.15) is 5.26 Å². The van der Waals surface area contributed by atoms with E-state index in [1.54, 1.807) is 24.3 Å². The minimum Gasteiger partial charge on any atom is -0.222 e. The van der Waals surface area contributed by atoms with Crippen molar-refractivity contribution in [1.29, 1.82) is 5.26 Å². The van der Waals surface area contributed by atoms with E-state index in [0.717, 1.165) is 18.4 Å². The van der Waals surface area contributed by atoms with Gasteiger partial charge >= 0.3 is 0 Å². The molecule has 0 spiro atoms. The van der Waals surface area contributed by atoms with E-state index in [1.807, 2.05) is 13.8 Å². The van der Waals surface area contributed by atoms with E-state index >= 15 is 0 Å². The van der Waals surface area contributed by atoms with Crippen molar-refractivity contribution in [2.75, 3.05) is 0 Å². The largest absolute Gasteiger partial charge is 0.222 e. The summed E-state index contributed by atoms with van der Waals surface area (Å²) >= 11 is 0.